The number of carboxylic acids is 1. The van der Waals surface area contributed by atoms with Crippen LogP contribution in [0.5, 0.6) is 0 Å². The fourth-order valence-corrected chi connectivity index (χ4v) is 1.30. The second-order valence-corrected chi connectivity index (χ2v) is 4.17. The summed E-state index contributed by atoms with van der Waals surface area (Å²) in [5.74, 6) is -1.44. The smallest absolute Gasteiger partial charge is 0.168 e. The van der Waals surface area contributed by atoms with Gasteiger partial charge in [-0.2, -0.15) is 0 Å². The minimum absolute atomic E-state index is 1.13. The number of aliphatic hydroxyl groups excluding tert-OH is 1. The fourth-order valence-electron chi connectivity index (χ4n) is 1.30. The van der Waals surface area contributed by atoms with Gasteiger partial charge in [-0.1, -0.05) is 25.8 Å². The van der Waals surface area contributed by atoms with Gasteiger partial charge in [0.15, 0.2) is 12.4 Å². The van der Waals surface area contributed by atoms with Crippen LogP contribution in [-0.2, 0) is 11.3 Å². The van der Waals surface area contributed by atoms with E-state index in [-0.39, 0.29) is 0 Å². The number of aliphatic hydroxyl groups is 1. The van der Waals surface area contributed by atoms with E-state index in [9.17, 15) is 9.90 Å². The molecule has 0 aromatic carbocycles. The predicted molar refractivity (Wildman–Crippen MR) is 67.5 cm³/mol. The molecule has 1 heterocycles. The lowest BCUT2D eigenvalue weighted by atomic mass is 10.2. The van der Waals surface area contributed by atoms with Crippen molar-refractivity contribution in [1.29, 1.82) is 0 Å². The summed E-state index contributed by atoms with van der Waals surface area (Å²) in [6.45, 7) is 4.55. The van der Waals surface area contributed by atoms with Gasteiger partial charge in [-0.25, -0.2) is 4.57 Å². The molecular formula is C14H23NO3. The monoisotopic (exact) mass is 253 g/mol. The molecule has 1 aromatic heterocycles. The molecule has 0 aliphatic heterocycles. The summed E-state index contributed by atoms with van der Waals surface area (Å²) in [5, 5.41) is 17.3. The summed E-state index contributed by atoms with van der Waals surface area (Å²) in [4.78, 5) is 9.34. The maximum absolute atomic E-state index is 9.34. The standard InChI is InChI=1S/C11H18N.C3H6O3/c1-2-3-4-6-9-12-10-7-5-8-11-12;1-2(4)3(5)6/h5,7-8,10-11H,2-4,6,9H2,1H3;2,4H,1H3,(H,5,6)/q+1;/p-1. The van der Waals surface area contributed by atoms with E-state index in [1.165, 1.54) is 32.2 Å². The molecule has 1 rings (SSSR count). The third kappa shape index (κ3) is 9.78. The zero-order valence-electron chi connectivity index (χ0n) is 11.2. The maximum Gasteiger partial charge on any atom is 0.168 e. The van der Waals surface area contributed by atoms with Crippen LogP contribution in [-0.4, -0.2) is 17.2 Å². The Morgan fingerprint density at radius 1 is 1.22 bits per heavy atom. The topological polar surface area (TPSA) is 64.2 Å². The van der Waals surface area contributed by atoms with Crippen LogP contribution in [0.15, 0.2) is 30.6 Å². The Balaban J connectivity index is 0.000000411. The molecule has 4 heteroatoms. The van der Waals surface area contributed by atoms with Crippen molar-refractivity contribution in [2.75, 3.05) is 0 Å². The van der Waals surface area contributed by atoms with E-state index in [0.29, 0.717) is 0 Å². The van der Waals surface area contributed by atoms with Crippen molar-refractivity contribution in [1.82, 2.24) is 0 Å². The number of carboxylic acid groups (broad SMARTS) is 1. The van der Waals surface area contributed by atoms with Crippen LogP contribution in [0, 0.1) is 0 Å². The van der Waals surface area contributed by atoms with Gasteiger partial charge in [0.1, 0.15) is 6.54 Å². The van der Waals surface area contributed by atoms with E-state index in [4.69, 9.17) is 5.11 Å². The number of hydrogen-bond acceptors (Lipinski definition) is 3. The Kier molecular flexibility index (Phi) is 9.87. The van der Waals surface area contributed by atoms with Crippen LogP contribution in [0.25, 0.3) is 0 Å². The zero-order valence-corrected chi connectivity index (χ0v) is 11.2. The van der Waals surface area contributed by atoms with Crippen LogP contribution < -0.4 is 9.67 Å². The molecule has 0 saturated heterocycles. The van der Waals surface area contributed by atoms with Crippen molar-refractivity contribution in [2.45, 2.75) is 52.2 Å². The van der Waals surface area contributed by atoms with Crippen LogP contribution in [0.2, 0.25) is 0 Å². The first-order valence-corrected chi connectivity index (χ1v) is 6.41. The number of aryl methyl sites for hydroxylation is 1. The number of unbranched alkanes of at least 4 members (excludes halogenated alkanes) is 3. The number of carbonyl (C=O) groups excluding carboxylic acids is 1. The summed E-state index contributed by atoms with van der Waals surface area (Å²) in [5.41, 5.74) is 0. The molecule has 102 valence electrons. The van der Waals surface area contributed by atoms with E-state index in [0.717, 1.165) is 6.92 Å². The van der Waals surface area contributed by atoms with Gasteiger partial charge < -0.3 is 15.0 Å². The van der Waals surface area contributed by atoms with Crippen molar-refractivity contribution in [3.8, 4) is 0 Å². The summed E-state index contributed by atoms with van der Waals surface area (Å²) in [7, 11) is 0. The number of nitrogens with zero attached hydrogens (tertiary/aromatic N) is 1. The maximum atomic E-state index is 9.34. The summed E-state index contributed by atoms with van der Waals surface area (Å²) in [6.07, 6.45) is 8.27. The summed E-state index contributed by atoms with van der Waals surface area (Å²) >= 11 is 0. The van der Waals surface area contributed by atoms with Gasteiger partial charge in [-0.05, 0) is 13.3 Å². The fraction of sp³-hybridized carbons (Fsp3) is 0.571. The third-order valence-electron chi connectivity index (χ3n) is 2.39. The molecule has 1 N–H and O–H groups in total. The van der Waals surface area contributed by atoms with Gasteiger partial charge >= 0.3 is 0 Å². The van der Waals surface area contributed by atoms with E-state index in [1.54, 1.807) is 0 Å². The number of aliphatic carboxylic acids is 1. The predicted octanol–water partition coefficient (Wildman–Crippen LogP) is 0.671. The van der Waals surface area contributed by atoms with Crippen LogP contribution >= 0.6 is 0 Å². The van der Waals surface area contributed by atoms with Crippen LogP contribution in [0.1, 0.15) is 39.5 Å². The van der Waals surface area contributed by atoms with Gasteiger partial charge in [0.2, 0.25) is 0 Å². The average Bonchev–Trinajstić information content (AvgIpc) is 2.36. The molecule has 0 bridgehead atoms. The lowest BCUT2D eigenvalue weighted by Gasteiger charge is -2.00. The Morgan fingerprint density at radius 2 is 1.78 bits per heavy atom. The number of pyridine rings is 1. The van der Waals surface area contributed by atoms with Crippen LogP contribution in [0.3, 0.4) is 0 Å². The molecule has 0 fully saturated rings. The van der Waals surface area contributed by atoms with Crippen molar-refractivity contribution in [3.05, 3.63) is 30.6 Å². The first-order valence-electron chi connectivity index (χ1n) is 6.41. The Bertz CT molecular complexity index is 312. The third-order valence-corrected chi connectivity index (χ3v) is 2.39. The normalized spacial score (nSPS) is 11.3. The van der Waals surface area contributed by atoms with Crippen molar-refractivity contribution in [2.24, 2.45) is 0 Å². The molecule has 0 spiro atoms. The summed E-state index contributed by atoms with van der Waals surface area (Å²) < 4.78 is 2.25. The van der Waals surface area contributed by atoms with E-state index in [2.05, 4.69) is 42.1 Å². The highest BCUT2D eigenvalue weighted by molar-refractivity contribution is 5.68. The second kappa shape index (κ2) is 10.7. The number of rotatable bonds is 6. The zero-order chi connectivity index (χ0) is 13.8. The van der Waals surface area contributed by atoms with Crippen LogP contribution in [0.4, 0.5) is 0 Å². The van der Waals surface area contributed by atoms with Gasteiger partial charge in [0.25, 0.3) is 0 Å². The van der Waals surface area contributed by atoms with E-state index in [1.807, 2.05) is 0 Å². The minimum atomic E-state index is -1.44. The van der Waals surface area contributed by atoms with Gasteiger partial charge in [0.05, 0.1) is 12.1 Å². The Labute approximate surface area is 109 Å². The molecule has 0 aliphatic rings. The lowest BCUT2D eigenvalue weighted by Crippen LogP contribution is -2.32. The van der Waals surface area contributed by atoms with Gasteiger partial charge in [0, 0.05) is 18.6 Å². The minimum Gasteiger partial charge on any atom is -0.547 e. The van der Waals surface area contributed by atoms with Gasteiger partial charge in [-0.15, -0.1) is 0 Å². The Morgan fingerprint density at radius 3 is 2.22 bits per heavy atom. The van der Waals surface area contributed by atoms with E-state index < -0.39 is 12.1 Å². The number of carbonyl (C=O) groups is 1. The second-order valence-electron chi connectivity index (χ2n) is 4.17. The molecule has 0 saturated carbocycles. The molecule has 4 nitrogen and oxygen atoms in total. The molecule has 0 aliphatic carbocycles. The lowest BCUT2D eigenvalue weighted by molar-refractivity contribution is -0.697. The highest BCUT2D eigenvalue weighted by Gasteiger charge is 1.95. The van der Waals surface area contributed by atoms with Crippen molar-refractivity contribution >= 4 is 5.97 Å². The summed E-state index contributed by atoms with van der Waals surface area (Å²) in [6, 6.07) is 6.22. The first kappa shape index (κ1) is 16.6. The molecular weight excluding hydrogens is 230 g/mol. The van der Waals surface area contributed by atoms with Crippen molar-refractivity contribution in [3.63, 3.8) is 0 Å². The highest BCUT2D eigenvalue weighted by Crippen LogP contribution is 1.97. The molecule has 0 radical (unpaired) electrons. The highest BCUT2D eigenvalue weighted by atomic mass is 16.4. The molecule has 0 amide bonds. The molecule has 1 unspecified atom stereocenters. The molecule has 18 heavy (non-hydrogen) atoms. The average molecular weight is 253 g/mol. The van der Waals surface area contributed by atoms with Gasteiger partial charge in [-0.3, -0.25) is 0 Å². The van der Waals surface area contributed by atoms with E-state index >= 15 is 0 Å². The quantitative estimate of drug-likeness (QED) is 0.598. The Hall–Kier alpha value is -1.42. The largest absolute Gasteiger partial charge is 0.547 e. The number of aromatic nitrogens is 1. The number of hydrogen-bond donors (Lipinski definition) is 1. The molecule has 1 atom stereocenters. The SMILES string of the molecule is CC(O)C(=O)[O-].CCCCCC[n+]1ccccc1. The molecule has 1 aromatic rings. The van der Waals surface area contributed by atoms with Crippen molar-refractivity contribution < 1.29 is 19.6 Å². The first-order chi connectivity index (χ1) is 8.57.